The number of hydrogen-bond donors (Lipinski definition) is 3. The first kappa shape index (κ1) is 18.3. The second-order valence-electron chi connectivity index (χ2n) is 6.92. The number of hydrogen-bond acceptors (Lipinski definition) is 2. The van der Waals surface area contributed by atoms with Gasteiger partial charge in [-0.2, -0.15) is 0 Å². The number of aromatic nitrogens is 2. The fourth-order valence-corrected chi connectivity index (χ4v) is 4.54. The number of nitrogens with one attached hydrogen (secondary N) is 3. The van der Waals surface area contributed by atoms with Crippen LogP contribution in [0.1, 0.15) is 23.2 Å². The predicted molar refractivity (Wildman–Crippen MR) is 111 cm³/mol. The minimum atomic E-state index is -0.306. The molecule has 0 saturated carbocycles. The minimum absolute atomic E-state index is 0.113. The maximum absolute atomic E-state index is 14.1. The zero-order valence-corrected chi connectivity index (χ0v) is 17.6. The number of benzene rings is 2. The minimum Gasteiger partial charge on any atom is -0.377 e. The van der Waals surface area contributed by atoms with E-state index in [1.54, 1.807) is 12.1 Å². The van der Waals surface area contributed by atoms with Gasteiger partial charge in [0.15, 0.2) is 0 Å². The fourth-order valence-electron chi connectivity index (χ4n) is 3.86. The average Bonchev–Trinajstić information content (AvgIpc) is 3.27. The number of fused-ring (bicyclic) bond motifs is 2. The molecule has 0 bridgehead atoms. The molecule has 0 radical (unpaired) electrons. The lowest BCUT2D eigenvalue weighted by atomic mass is 10.00. The van der Waals surface area contributed by atoms with Crippen molar-refractivity contribution >= 4 is 53.7 Å². The summed E-state index contributed by atoms with van der Waals surface area (Å²) in [6.07, 6.45) is 3.76. The molecule has 1 fully saturated rings. The topological polar surface area (TPSA) is 52.8 Å². The van der Waals surface area contributed by atoms with Crippen molar-refractivity contribution in [2.24, 2.45) is 0 Å². The number of morpholine rings is 1. The van der Waals surface area contributed by atoms with E-state index >= 15 is 0 Å². The molecule has 0 aliphatic carbocycles. The number of rotatable bonds is 2. The Balaban J connectivity index is 1.51. The summed E-state index contributed by atoms with van der Waals surface area (Å²) in [7, 11) is 0. The van der Waals surface area contributed by atoms with E-state index in [2.05, 4.69) is 47.1 Å². The highest BCUT2D eigenvalue weighted by molar-refractivity contribution is 9.10. The average molecular weight is 511 g/mol. The van der Waals surface area contributed by atoms with Crippen molar-refractivity contribution in [3.05, 3.63) is 68.4 Å². The molecule has 0 spiro atoms. The predicted octanol–water partition coefficient (Wildman–Crippen LogP) is 5.85. The van der Waals surface area contributed by atoms with Gasteiger partial charge in [-0.1, -0.05) is 0 Å². The van der Waals surface area contributed by atoms with E-state index in [4.69, 9.17) is 4.74 Å². The third-order valence-corrected chi connectivity index (χ3v) is 6.45. The van der Waals surface area contributed by atoms with Crippen LogP contribution in [0.5, 0.6) is 0 Å². The lowest BCUT2D eigenvalue weighted by Gasteiger charge is -2.31. The van der Waals surface area contributed by atoms with E-state index in [-0.39, 0.29) is 23.7 Å². The molecule has 2 unspecified atom stereocenters. The summed E-state index contributed by atoms with van der Waals surface area (Å²) in [6, 6.07) is 6.28. The van der Waals surface area contributed by atoms with Crippen LogP contribution in [0.2, 0.25) is 0 Å². The van der Waals surface area contributed by atoms with Gasteiger partial charge in [-0.25, -0.2) is 8.78 Å². The normalized spacial score (nSPS) is 20.3. The second-order valence-corrected chi connectivity index (χ2v) is 8.63. The fraction of sp³-hybridized carbons (Fsp3) is 0.200. The molecule has 4 aromatic rings. The van der Waals surface area contributed by atoms with Crippen molar-refractivity contribution in [1.82, 2.24) is 15.3 Å². The molecule has 1 aliphatic rings. The molecule has 144 valence electrons. The quantitative estimate of drug-likeness (QED) is 0.316. The monoisotopic (exact) mass is 509 g/mol. The van der Waals surface area contributed by atoms with Gasteiger partial charge in [0.1, 0.15) is 11.6 Å². The van der Waals surface area contributed by atoms with Gasteiger partial charge in [-0.3, -0.25) is 5.32 Å². The van der Waals surface area contributed by atoms with Gasteiger partial charge in [0.2, 0.25) is 0 Å². The highest BCUT2D eigenvalue weighted by Gasteiger charge is 2.28. The Bertz CT molecular complexity index is 1110. The summed E-state index contributed by atoms with van der Waals surface area (Å²) < 4.78 is 34.8. The zero-order chi connectivity index (χ0) is 19.4. The van der Waals surface area contributed by atoms with Crippen molar-refractivity contribution < 1.29 is 13.5 Å². The smallest absolute Gasteiger partial charge is 0.138 e. The third-order valence-electron chi connectivity index (χ3n) is 5.23. The van der Waals surface area contributed by atoms with Crippen LogP contribution in [0, 0.1) is 11.6 Å². The number of aromatic amines is 2. The first-order valence-electron chi connectivity index (χ1n) is 8.77. The highest BCUT2D eigenvalue weighted by Crippen LogP contribution is 2.35. The van der Waals surface area contributed by atoms with Crippen molar-refractivity contribution in [1.29, 1.82) is 0 Å². The highest BCUT2D eigenvalue weighted by atomic mass is 79.9. The summed E-state index contributed by atoms with van der Waals surface area (Å²) >= 11 is 6.44. The molecule has 1 aliphatic heterocycles. The standard InChI is InChI=1S/C20H15Br2F2N3O/c21-13-3-17-9(1-15(13)23)11(5-25-17)19-7-28-8-20(27-19)12-6-26-18-4-14(22)16(24)2-10(12)18/h1-6,19-20,25-27H,7-8H2. The molecule has 8 heteroatoms. The van der Waals surface area contributed by atoms with Crippen LogP contribution in [-0.4, -0.2) is 23.2 Å². The van der Waals surface area contributed by atoms with Crippen LogP contribution in [0.4, 0.5) is 8.78 Å². The summed E-state index contributed by atoms with van der Waals surface area (Å²) in [4.78, 5) is 6.39. The zero-order valence-electron chi connectivity index (χ0n) is 14.5. The van der Waals surface area contributed by atoms with E-state index in [0.717, 1.165) is 32.9 Å². The van der Waals surface area contributed by atoms with Crippen molar-refractivity contribution in [3.8, 4) is 0 Å². The van der Waals surface area contributed by atoms with E-state index in [1.165, 1.54) is 12.1 Å². The lowest BCUT2D eigenvalue weighted by Crippen LogP contribution is -2.37. The van der Waals surface area contributed by atoms with Crippen molar-refractivity contribution in [2.45, 2.75) is 12.1 Å². The van der Waals surface area contributed by atoms with Gasteiger partial charge in [-0.15, -0.1) is 0 Å². The number of halogens is 4. The maximum Gasteiger partial charge on any atom is 0.138 e. The molecule has 1 saturated heterocycles. The van der Waals surface area contributed by atoms with Gasteiger partial charge in [0, 0.05) is 34.2 Å². The molecule has 2 aromatic heterocycles. The molecular formula is C20H15Br2F2N3O. The molecule has 2 atom stereocenters. The van der Waals surface area contributed by atoms with Crippen LogP contribution in [0.15, 0.2) is 45.6 Å². The molecule has 28 heavy (non-hydrogen) atoms. The van der Waals surface area contributed by atoms with Gasteiger partial charge >= 0.3 is 0 Å². The van der Waals surface area contributed by atoms with E-state index in [1.807, 2.05) is 12.4 Å². The van der Waals surface area contributed by atoms with E-state index < -0.39 is 0 Å². The SMILES string of the molecule is Fc1cc2c(C3COCC(c4c[nH]c5cc(Br)c(F)cc45)N3)c[nH]c2cc1Br. The molecule has 0 amide bonds. The molecule has 3 N–H and O–H groups in total. The van der Waals surface area contributed by atoms with Crippen LogP contribution < -0.4 is 5.32 Å². The Morgan fingerprint density at radius 3 is 1.71 bits per heavy atom. The largest absolute Gasteiger partial charge is 0.377 e. The third kappa shape index (κ3) is 2.99. The van der Waals surface area contributed by atoms with Gasteiger partial charge in [0.05, 0.1) is 34.2 Å². The van der Waals surface area contributed by atoms with Crippen LogP contribution in [0.3, 0.4) is 0 Å². The Kier molecular flexibility index (Phi) is 4.54. The summed E-state index contributed by atoms with van der Waals surface area (Å²) in [5.74, 6) is -0.612. The summed E-state index contributed by atoms with van der Waals surface area (Å²) in [6.45, 7) is 0.951. The van der Waals surface area contributed by atoms with E-state index in [0.29, 0.717) is 22.2 Å². The van der Waals surface area contributed by atoms with Crippen LogP contribution >= 0.6 is 31.9 Å². The molecule has 4 nitrogen and oxygen atoms in total. The van der Waals surface area contributed by atoms with Gasteiger partial charge < -0.3 is 14.7 Å². The summed E-state index contributed by atoms with van der Waals surface area (Å²) in [5, 5.41) is 5.21. The first-order valence-corrected chi connectivity index (χ1v) is 10.4. The Labute approximate surface area is 175 Å². The molecule has 2 aromatic carbocycles. The summed E-state index contributed by atoms with van der Waals surface area (Å²) in [5.41, 5.74) is 3.59. The number of ether oxygens (including phenoxy) is 1. The van der Waals surface area contributed by atoms with Gasteiger partial charge in [-0.05, 0) is 67.3 Å². The maximum atomic E-state index is 14.1. The molecule has 5 rings (SSSR count). The Hall–Kier alpha value is -1.74. The van der Waals surface area contributed by atoms with Crippen molar-refractivity contribution in [2.75, 3.05) is 13.2 Å². The molecular weight excluding hydrogens is 496 g/mol. The van der Waals surface area contributed by atoms with Crippen LogP contribution in [0.25, 0.3) is 21.8 Å². The van der Waals surface area contributed by atoms with Gasteiger partial charge in [0.25, 0.3) is 0 Å². The second kappa shape index (κ2) is 6.95. The van der Waals surface area contributed by atoms with E-state index in [9.17, 15) is 8.78 Å². The van der Waals surface area contributed by atoms with Crippen molar-refractivity contribution in [3.63, 3.8) is 0 Å². The lowest BCUT2D eigenvalue weighted by molar-refractivity contribution is 0.0456. The molecule has 3 heterocycles. The number of H-pyrrole nitrogens is 2. The Morgan fingerprint density at radius 1 is 0.786 bits per heavy atom. The first-order chi connectivity index (χ1) is 13.5. The Morgan fingerprint density at radius 2 is 1.25 bits per heavy atom. The van der Waals surface area contributed by atoms with Crippen LogP contribution in [-0.2, 0) is 4.74 Å².